The van der Waals surface area contributed by atoms with Crippen molar-refractivity contribution in [3.63, 3.8) is 0 Å². The highest BCUT2D eigenvalue weighted by molar-refractivity contribution is 7.99. The maximum atomic E-state index is 9.48. The molecule has 0 heterocycles. The summed E-state index contributed by atoms with van der Waals surface area (Å²) in [5.41, 5.74) is 0.168. The van der Waals surface area contributed by atoms with Crippen LogP contribution in [0.2, 0.25) is 0 Å². The third-order valence-corrected chi connectivity index (χ3v) is 4.62. The second-order valence-corrected chi connectivity index (χ2v) is 6.17. The Hall–Kier alpha value is -0.470. The van der Waals surface area contributed by atoms with Crippen LogP contribution in [-0.4, -0.2) is 17.5 Å². The van der Waals surface area contributed by atoms with E-state index in [2.05, 4.69) is 31.2 Å². The molecule has 0 spiro atoms. The fourth-order valence-electron chi connectivity index (χ4n) is 2.11. The van der Waals surface area contributed by atoms with E-state index in [0.717, 1.165) is 18.1 Å². The van der Waals surface area contributed by atoms with E-state index < -0.39 is 0 Å². The van der Waals surface area contributed by atoms with Crippen LogP contribution < -0.4 is 0 Å². The molecular weight excluding hydrogens is 216 g/mol. The fourth-order valence-corrected chi connectivity index (χ4v) is 3.26. The predicted octanol–water partition coefficient (Wildman–Crippen LogP) is 3.58. The van der Waals surface area contributed by atoms with Crippen LogP contribution in [0.5, 0.6) is 0 Å². The van der Waals surface area contributed by atoms with Crippen LogP contribution in [0.15, 0.2) is 35.2 Å². The number of aliphatic hydroxyl groups is 1. The molecule has 1 atom stereocenters. The molecule has 1 aromatic carbocycles. The van der Waals surface area contributed by atoms with Gasteiger partial charge in [0.05, 0.1) is 0 Å². The van der Waals surface area contributed by atoms with Gasteiger partial charge in [-0.2, -0.15) is 0 Å². The summed E-state index contributed by atoms with van der Waals surface area (Å²) in [7, 11) is 0. The monoisotopic (exact) mass is 236 g/mol. The molecule has 0 aromatic heterocycles. The number of aliphatic hydroxyl groups excluding tert-OH is 1. The Morgan fingerprint density at radius 1 is 1.31 bits per heavy atom. The maximum Gasteiger partial charge on any atom is 0.0487 e. The molecular formula is C14H20OS. The van der Waals surface area contributed by atoms with Gasteiger partial charge in [-0.3, -0.25) is 0 Å². The number of thioether (sulfide) groups is 1. The van der Waals surface area contributed by atoms with Crippen LogP contribution >= 0.6 is 11.8 Å². The zero-order chi connectivity index (χ0) is 11.4. The van der Waals surface area contributed by atoms with E-state index >= 15 is 0 Å². The Labute approximate surface area is 102 Å². The van der Waals surface area contributed by atoms with Crippen molar-refractivity contribution in [2.24, 2.45) is 11.3 Å². The minimum Gasteiger partial charge on any atom is -0.396 e. The fraction of sp³-hybridized carbons (Fsp3) is 0.571. The van der Waals surface area contributed by atoms with Crippen molar-refractivity contribution in [1.82, 2.24) is 0 Å². The highest BCUT2D eigenvalue weighted by atomic mass is 32.2. The molecule has 2 heteroatoms. The molecule has 1 aromatic rings. The lowest BCUT2D eigenvalue weighted by Crippen LogP contribution is -2.24. The molecule has 1 aliphatic rings. The smallest absolute Gasteiger partial charge is 0.0487 e. The average molecular weight is 236 g/mol. The lowest BCUT2D eigenvalue weighted by atomic mass is 9.83. The molecule has 1 nitrogen and oxygen atoms in total. The average Bonchev–Trinajstić information content (AvgIpc) is 3.14. The molecule has 0 aliphatic heterocycles. The van der Waals surface area contributed by atoms with Crippen LogP contribution in [0.3, 0.4) is 0 Å². The van der Waals surface area contributed by atoms with Crippen molar-refractivity contribution >= 4 is 11.8 Å². The summed E-state index contributed by atoms with van der Waals surface area (Å²) in [6, 6.07) is 10.5. The second-order valence-electron chi connectivity index (χ2n) is 5.00. The van der Waals surface area contributed by atoms with Gasteiger partial charge in [-0.25, -0.2) is 0 Å². The molecule has 2 rings (SSSR count). The summed E-state index contributed by atoms with van der Waals surface area (Å²) in [5, 5.41) is 9.48. The summed E-state index contributed by atoms with van der Waals surface area (Å²) < 4.78 is 0. The summed E-state index contributed by atoms with van der Waals surface area (Å²) in [5.74, 6) is 1.88. The van der Waals surface area contributed by atoms with Crippen LogP contribution in [0.1, 0.15) is 26.2 Å². The minimum absolute atomic E-state index is 0.168. The van der Waals surface area contributed by atoms with Crippen molar-refractivity contribution in [3.05, 3.63) is 30.3 Å². The van der Waals surface area contributed by atoms with Gasteiger partial charge in [0.15, 0.2) is 0 Å². The highest BCUT2D eigenvalue weighted by Gasteiger charge is 2.40. The van der Waals surface area contributed by atoms with Crippen molar-refractivity contribution < 1.29 is 5.11 Å². The zero-order valence-corrected chi connectivity index (χ0v) is 10.7. The van der Waals surface area contributed by atoms with Crippen molar-refractivity contribution in [2.75, 3.05) is 12.4 Å². The lowest BCUT2D eigenvalue weighted by Gasteiger charge is -2.26. The quantitative estimate of drug-likeness (QED) is 0.762. The molecule has 0 bridgehead atoms. The largest absolute Gasteiger partial charge is 0.396 e. The van der Waals surface area contributed by atoms with E-state index in [9.17, 15) is 5.11 Å². The van der Waals surface area contributed by atoms with Gasteiger partial charge in [-0.1, -0.05) is 25.1 Å². The molecule has 1 fully saturated rings. The molecule has 1 unspecified atom stereocenters. The standard InChI is InChI=1S/C14H20OS/c1-14(11-15,12-7-8-12)9-10-16-13-5-3-2-4-6-13/h2-6,12,15H,7-11H2,1H3. The van der Waals surface area contributed by atoms with Gasteiger partial charge in [-0.15, -0.1) is 11.8 Å². The highest BCUT2D eigenvalue weighted by Crippen LogP contribution is 2.47. The van der Waals surface area contributed by atoms with E-state index in [1.165, 1.54) is 17.7 Å². The lowest BCUT2D eigenvalue weighted by molar-refractivity contribution is 0.116. The van der Waals surface area contributed by atoms with Gasteiger partial charge in [-0.05, 0) is 48.5 Å². The van der Waals surface area contributed by atoms with Crippen molar-refractivity contribution in [1.29, 1.82) is 0 Å². The van der Waals surface area contributed by atoms with Crippen LogP contribution in [0, 0.1) is 11.3 Å². The maximum absolute atomic E-state index is 9.48. The molecule has 0 radical (unpaired) electrons. The van der Waals surface area contributed by atoms with Gasteiger partial charge < -0.3 is 5.11 Å². The number of hydrogen-bond acceptors (Lipinski definition) is 2. The summed E-state index contributed by atoms with van der Waals surface area (Å²) in [6.07, 6.45) is 3.74. The topological polar surface area (TPSA) is 20.2 Å². The first-order valence-electron chi connectivity index (χ1n) is 6.03. The first-order chi connectivity index (χ1) is 7.74. The van der Waals surface area contributed by atoms with Gasteiger partial charge >= 0.3 is 0 Å². The van der Waals surface area contributed by atoms with Gasteiger partial charge in [0.2, 0.25) is 0 Å². The normalized spacial score (nSPS) is 19.4. The molecule has 1 aliphatic carbocycles. The summed E-state index contributed by atoms with van der Waals surface area (Å²) in [6.45, 7) is 2.57. The summed E-state index contributed by atoms with van der Waals surface area (Å²) >= 11 is 1.90. The Kier molecular flexibility index (Phi) is 3.93. The molecule has 0 amide bonds. The third-order valence-electron chi connectivity index (χ3n) is 3.61. The third kappa shape index (κ3) is 3.02. The second kappa shape index (κ2) is 5.24. The SMILES string of the molecule is CC(CO)(CCSc1ccccc1)C1CC1. The molecule has 0 saturated heterocycles. The van der Waals surface area contributed by atoms with Crippen LogP contribution in [0.4, 0.5) is 0 Å². The Bertz CT molecular complexity index is 321. The molecule has 1 saturated carbocycles. The summed E-state index contributed by atoms with van der Waals surface area (Å²) in [4.78, 5) is 1.33. The first kappa shape index (κ1) is 12.0. The van der Waals surface area contributed by atoms with E-state index in [-0.39, 0.29) is 5.41 Å². The predicted molar refractivity (Wildman–Crippen MR) is 69.7 cm³/mol. The Morgan fingerprint density at radius 2 is 2.00 bits per heavy atom. The zero-order valence-electron chi connectivity index (χ0n) is 9.86. The first-order valence-corrected chi connectivity index (χ1v) is 7.02. The molecule has 88 valence electrons. The molecule has 1 N–H and O–H groups in total. The van der Waals surface area contributed by atoms with E-state index in [4.69, 9.17) is 0 Å². The van der Waals surface area contributed by atoms with E-state index in [1.807, 2.05) is 17.8 Å². The number of benzene rings is 1. The van der Waals surface area contributed by atoms with Gasteiger partial charge in [0, 0.05) is 11.5 Å². The van der Waals surface area contributed by atoms with E-state index in [0.29, 0.717) is 6.61 Å². The van der Waals surface area contributed by atoms with Crippen LogP contribution in [0.25, 0.3) is 0 Å². The van der Waals surface area contributed by atoms with Crippen LogP contribution in [-0.2, 0) is 0 Å². The van der Waals surface area contributed by atoms with Crippen molar-refractivity contribution in [3.8, 4) is 0 Å². The minimum atomic E-state index is 0.168. The van der Waals surface area contributed by atoms with Gasteiger partial charge in [0.25, 0.3) is 0 Å². The number of rotatable bonds is 6. The van der Waals surface area contributed by atoms with E-state index in [1.54, 1.807) is 0 Å². The molecule has 16 heavy (non-hydrogen) atoms. The number of hydrogen-bond donors (Lipinski definition) is 1. The Morgan fingerprint density at radius 3 is 2.56 bits per heavy atom. The Balaban J connectivity index is 1.79. The van der Waals surface area contributed by atoms with Gasteiger partial charge in [0.1, 0.15) is 0 Å². The van der Waals surface area contributed by atoms with Crippen molar-refractivity contribution in [2.45, 2.75) is 31.1 Å².